The van der Waals surface area contributed by atoms with Crippen LogP contribution in [-0.4, -0.2) is 16.2 Å². The Morgan fingerprint density at radius 3 is 2.24 bits per heavy atom. The summed E-state index contributed by atoms with van der Waals surface area (Å²) in [6.45, 7) is 9.01. The smallest absolute Gasteiger partial charge is 0.258 e. The Hall–Kier alpha value is -2.46. The van der Waals surface area contributed by atoms with Gasteiger partial charge in [-0.25, -0.2) is 0 Å². The molecule has 29 heavy (non-hydrogen) atoms. The molecule has 0 aliphatic heterocycles. The van der Waals surface area contributed by atoms with Crippen LogP contribution in [0.2, 0.25) is 0 Å². The molecule has 152 valence electrons. The third-order valence-electron chi connectivity index (χ3n) is 5.80. The van der Waals surface area contributed by atoms with Crippen LogP contribution >= 0.6 is 0 Å². The Kier molecular flexibility index (Phi) is 5.81. The third kappa shape index (κ3) is 4.76. The van der Waals surface area contributed by atoms with Crippen molar-refractivity contribution in [3.8, 4) is 22.8 Å². The fraction of sp³-hybridized carbons (Fsp3) is 0.440. The van der Waals surface area contributed by atoms with Gasteiger partial charge in [-0.1, -0.05) is 62.3 Å². The lowest BCUT2D eigenvalue weighted by Crippen LogP contribution is -2.41. The predicted molar refractivity (Wildman–Crippen MR) is 117 cm³/mol. The first kappa shape index (κ1) is 19.8. The van der Waals surface area contributed by atoms with Crippen LogP contribution in [-0.2, 0) is 6.42 Å². The monoisotopic (exact) mass is 389 g/mol. The summed E-state index contributed by atoms with van der Waals surface area (Å²) < 4.78 is 5.52. The van der Waals surface area contributed by atoms with Crippen LogP contribution < -0.4 is 5.32 Å². The molecule has 0 radical (unpaired) electrons. The Morgan fingerprint density at radius 2 is 1.62 bits per heavy atom. The maximum atomic E-state index is 5.52. The van der Waals surface area contributed by atoms with E-state index in [1.165, 1.54) is 24.0 Å². The van der Waals surface area contributed by atoms with Crippen molar-refractivity contribution < 1.29 is 4.52 Å². The van der Waals surface area contributed by atoms with Gasteiger partial charge in [0.05, 0.1) is 0 Å². The molecule has 1 aliphatic carbocycles. The molecule has 0 spiro atoms. The molecule has 1 atom stereocenters. The molecule has 1 saturated carbocycles. The van der Waals surface area contributed by atoms with Gasteiger partial charge in [-0.2, -0.15) is 4.98 Å². The van der Waals surface area contributed by atoms with Crippen LogP contribution in [0, 0.1) is 11.8 Å². The molecule has 3 aromatic rings. The van der Waals surface area contributed by atoms with E-state index in [9.17, 15) is 0 Å². The van der Waals surface area contributed by atoms with Crippen LogP contribution in [0.5, 0.6) is 0 Å². The number of benzene rings is 2. The van der Waals surface area contributed by atoms with E-state index in [2.05, 4.69) is 91.7 Å². The Labute approximate surface area is 173 Å². The largest absolute Gasteiger partial charge is 0.334 e. The quantitative estimate of drug-likeness (QED) is 0.534. The highest BCUT2D eigenvalue weighted by Crippen LogP contribution is 2.29. The van der Waals surface area contributed by atoms with Crippen molar-refractivity contribution in [3.05, 3.63) is 59.7 Å². The second-order valence-corrected chi connectivity index (χ2v) is 9.00. The molecule has 0 unspecified atom stereocenters. The minimum atomic E-state index is 0.353. The van der Waals surface area contributed by atoms with Gasteiger partial charge in [0.25, 0.3) is 5.89 Å². The van der Waals surface area contributed by atoms with Crippen LogP contribution in [0.4, 0.5) is 0 Å². The van der Waals surface area contributed by atoms with E-state index < -0.39 is 0 Å². The second kappa shape index (κ2) is 8.50. The van der Waals surface area contributed by atoms with Gasteiger partial charge in [-0.05, 0) is 61.3 Å². The van der Waals surface area contributed by atoms with Gasteiger partial charge in [0, 0.05) is 23.2 Å². The van der Waals surface area contributed by atoms with Crippen molar-refractivity contribution in [3.63, 3.8) is 0 Å². The molecule has 1 fully saturated rings. The lowest BCUT2D eigenvalue weighted by Gasteiger charge is -2.35. The summed E-state index contributed by atoms with van der Waals surface area (Å²) in [5, 5.41) is 7.90. The topological polar surface area (TPSA) is 51.0 Å². The highest BCUT2D eigenvalue weighted by atomic mass is 16.5. The molecule has 1 aliphatic rings. The summed E-state index contributed by atoms with van der Waals surface area (Å²) in [5.74, 6) is 2.70. The number of hydrogen-bond donors (Lipinski definition) is 1. The van der Waals surface area contributed by atoms with Crippen molar-refractivity contribution in [1.82, 2.24) is 15.5 Å². The molecular formula is C25H31N3O. The van der Waals surface area contributed by atoms with E-state index in [4.69, 9.17) is 4.52 Å². The highest BCUT2D eigenvalue weighted by Gasteiger charge is 2.26. The second-order valence-electron chi connectivity index (χ2n) is 9.00. The molecular weight excluding hydrogens is 358 g/mol. The number of nitrogens with one attached hydrogen (secondary N) is 1. The summed E-state index contributed by atoms with van der Waals surface area (Å²) in [6.07, 6.45) is 3.65. The fourth-order valence-corrected chi connectivity index (χ4v) is 4.12. The summed E-state index contributed by atoms with van der Waals surface area (Å²) in [5.41, 5.74) is 4.56. The average molecular weight is 390 g/mol. The van der Waals surface area contributed by atoms with Gasteiger partial charge in [0.15, 0.2) is 0 Å². The molecule has 0 amide bonds. The Bertz CT molecular complexity index is 921. The molecule has 4 rings (SSSR count). The van der Waals surface area contributed by atoms with Gasteiger partial charge in [-0.3, -0.25) is 0 Å². The summed E-state index contributed by atoms with van der Waals surface area (Å²) in [6, 6.07) is 17.9. The van der Waals surface area contributed by atoms with E-state index in [0.717, 1.165) is 23.5 Å². The first-order chi connectivity index (χ1) is 14.0. The molecule has 1 N–H and O–H groups in total. The van der Waals surface area contributed by atoms with Crippen molar-refractivity contribution in [2.24, 2.45) is 11.8 Å². The van der Waals surface area contributed by atoms with Gasteiger partial charge in [-0.15, -0.1) is 0 Å². The Balaban J connectivity index is 1.42. The van der Waals surface area contributed by atoms with E-state index in [1.54, 1.807) is 0 Å². The van der Waals surface area contributed by atoms with Crippen LogP contribution in [0.25, 0.3) is 22.8 Å². The zero-order valence-electron chi connectivity index (χ0n) is 17.9. The van der Waals surface area contributed by atoms with Crippen LogP contribution in [0.15, 0.2) is 53.1 Å². The molecule has 1 aromatic heterocycles. The lowest BCUT2D eigenvalue weighted by molar-refractivity contribution is 0.226. The minimum absolute atomic E-state index is 0.353. The fourth-order valence-electron chi connectivity index (χ4n) is 4.12. The van der Waals surface area contributed by atoms with Crippen LogP contribution in [0.1, 0.15) is 57.7 Å². The highest BCUT2D eigenvalue weighted by molar-refractivity contribution is 5.60. The van der Waals surface area contributed by atoms with Gasteiger partial charge in [0.1, 0.15) is 0 Å². The van der Waals surface area contributed by atoms with Gasteiger partial charge < -0.3 is 9.84 Å². The number of nitrogens with zero attached hydrogens (tertiary/aromatic N) is 2. The lowest BCUT2D eigenvalue weighted by atomic mass is 9.81. The van der Waals surface area contributed by atoms with Crippen molar-refractivity contribution in [1.29, 1.82) is 0 Å². The van der Waals surface area contributed by atoms with Crippen molar-refractivity contribution in [2.45, 2.75) is 59.0 Å². The summed E-state index contributed by atoms with van der Waals surface area (Å²) >= 11 is 0. The molecule has 2 aromatic carbocycles. The number of rotatable bonds is 7. The van der Waals surface area contributed by atoms with Crippen LogP contribution in [0.3, 0.4) is 0 Å². The SMILES string of the molecule is CC(C)Cc1ccc(-c2nc(-c3ccc([C@H](C)N[C@H]4C[C@@H](C)C4)cc3)no2)cc1. The normalized spacial score (nSPS) is 19.9. The first-order valence-electron chi connectivity index (χ1n) is 10.8. The zero-order chi connectivity index (χ0) is 20.4. The maximum Gasteiger partial charge on any atom is 0.258 e. The number of hydrogen-bond acceptors (Lipinski definition) is 4. The predicted octanol–water partition coefficient (Wildman–Crippen LogP) is 6.05. The van der Waals surface area contributed by atoms with E-state index in [1.807, 2.05) is 0 Å². The third-order valence-corrected chi connectivity index (χ3v) is 5.80. The van der Waals surface area contributed by atoms with Gasteiger partial charge >= 0.3 is 0 Å². The van der Waals surface area contributed by atoms with Crippen molar-refractivity contribution >= 4 is 0 Å². The zero-order valence-corrected chi connectivity index (χ0v) is 17.9. The molecule has 4 heteroatoms. The van der Waals surface area contributed by atoms with Crippen molar-refractivity contribution in [2.75, 3.05) is 0 Å². The molecule has 0 saturated heterocycles. The Morgan fingerprint density at radius 1 is 0.966 bits per heavy atom. The first-order valence-corrected chi connectivity index (χ1v) is 10.8. The van der Waals surface area contributed by atoms with E-state index in [0.29, 0.717) is 29.7 Å². The summed E-state index contributed by atoms with van der Waals surface area (Å²) in [4.78, 5) is 4.60. The van der Waals surface area contributed by atoms with E-state index in [-0.39, 0.29) is 0 Å². The standard InChI is InChI=1S/C25H31N3O/c1-16(2)13-19-5-7-22(8-6-19)25-27-24(28-29-25)21-11-9-20(10-12-21)18(4)26-23-14-17(3)15-23/h5-12,16-18,23,26H,13-15H2,1-4H3/t17-,18-,23+/m0/s1. The van der Waals surface area contributed by atoms with Gasteiger partial charge in [0.2, 0.25) is 5.82 Å². The average Bonchev–Trinajstić information content (AvgIpc) is 3.17. The molecule has 4 nitrogen and oxygen atoms in total. The maximum absolute atomic E-state index is 5.52. The number of aromatic nitrogens is 2. The van der Waals surface area contributed by atoms with E-state index >= 15 is 0 Å². The summed E-state index contributed by atoms with van der Waals surface area (Å²) in [7, 11) is 0. The molecule has 1 heterocycles. The minimum Gasteiger partial charge on any atom is -0.334 e. The molecule has 0 bridgehead atoms.